The Labute approximate surface area is 190 Å². The van der Waals surface area contributed by atoms with Crippen molar-refractivity contribution in [2.24, 2.45) is 0 Å². The molecule has 0 aliphatic carbocycles. The molecule has 33 heavy (non-hydrogen) atoms. The smallest absolute Gasteiger partial charge is 0.310 e. The van der Waals surface area contributed by atoms with E-state index in [1.54, 1.807) is 30.3 Å². The normalized spacial score (nSPS) is 27.5. The second kappa shape index (κ2) is 9.57. The number of methoxy groups -OCH3 is 1. The maximum absolute atomic E-state index is 13.5. The first-order valence-corrected chi connectivity index (χ1v) is 10.9. The Morgan fingerprint density at radius 1 is 1.09 bits per heavy atom. The van der Waals surface area contributed by atoms with Crippen LogP contribution in [-0.2, 0) is 28.7 Å². The summed E-state index contributed by atoms with van der Waals surface area (Å²) >= 11 is 0. The summed E-state index contributed by atoms with van der Waals surface area (Å²) in [5.74, 6) is -2.25. The number of fused-ring (bicyclic) bond motifs is 1. The molecular formula is C22H26N4O7. The molecule has 4 atom stereocenters. The van der Waals surface area contributed by atoms with Gasteiger partial charge >= 0.3 is 5.97 Å². The van der Waals surface area contributed by atoms with Gasteiger partial charge in [-0.05, 0) is 31.4 Å². The van der Waals surface area contributed by atoms with E-state index in [2.05, 4.69) is 10.6 Å². The molecule has 3 fully saturated rings. The number of hydrogen-bond acceptors (Lipinski definition) is 7. The van der Waals surface area contributed by atoms with Crippen molar-refractivity contribution in [3.63, 3.8) is 0 Å². The Hall–Kier alpha value is -3.47. The van der Waals surface area contributed by atoms with Crippen LogP contribution < -0.4 is 10.6 Å². The molecular weight excluding hydrogens is 432 g/mol. The maximum atomic E-state index is 13.5. The Morgan fingerprint density at radius 2 is 1.85 bits per heavy atom. The summed E-state index contributed by atoms with van der Waals surface area (Å²) in [4.78, 5) is 63.6. The summed E-state index contributed by atoms with van der Waals surface area (Å²) in [5, 5.41) is 7.90. The van der Waals surface area contributed by atoms with Crippen LogP contribution in [0, 0.1) is 0 Å². The topological polar surface area (TPSA) is 134 Å². The molecule has 0 aromatic heterocycles. The third-order valence-electron chi connectivity index (χ3n) is 6.03. The zero-order chi connectivity index (χ0) is 23.5. The highest BCUT2D eigenvalue weighted by Crippen LogP contribution is 2.26. The van der Waals surface area contributed by atoms with Crippen molar-refractivity contribution in [2.45, 2.75) is 56.5 Å². The van der Waals surface area contributed by atoms with E-state index in [-0.39, 0.29) is 25.2 Å². The Bertz CT molecular complexity index is 953. The zero-order valence-corrected chi connectivity index (χ0v) is 18.2. The lowest BCUT2D eigenvalue weighted by Crippen LogP contribution is -2.64. The number of hydrazine groups is 1. The van der Waals surface area contributed by atoms with Crippen molar-refractivity contribution in [2.75, 3.05) is 13.7 Å². The van der Waals surface area contributed by atoms with E-state index in [0.29, 0.717) is 24.9 Å². The van der Waals surface area contributed by atoms with Crippen LogP contribution in [0.4, 0.5) is 0 Å². The molecule has 4 rings (SSSR count). The Morgan fingerprint density at radius 3 is 2.58 bits per heavy atom. The van der Waals surface area contributed by atoms with Crippen molar-refractivity contribution in [1.29, 1.82) is 0 Å². The maximum Gasteiger partial charge on any atom is 0.310 e. The minimum absolute atomic E-state index is 0.0523. The predicted octanol–water partition coefficient (Wildman–Crippen LogP) is -0.282. The lowest BCUT2D eigenvalue weighted by molar-refractivity contribution is -0.177. The highest BCUT2D eigenvalue weighted by atomic mass is 16.7. The molecule has 11 heteroatoms. The van der Waals surface area contributed by atoms with E-state index >= 15 is 0 Å². The first kappa shape index (κ1) is 22.7. The molecule has 4 amide bonds. The molecule has 11 nitrogen and oxygen atoms in total. The molecule has 2 N–H and O–H groups in total. The van der Waals surface area contributed by atoms with Gasteiger partial charge in [0.15, 0.2) is 0 Å². The van der Waals surface area contributed by atoms with Crippen molar-refractivity contribution in [3.05, 3.63) is 35.9 Å². The number of carbonyl (C=O) groups is 5. The second-order valence-corrected chi connectivity index (χ2v) is 8.20. The van der Waals surface area contributed by atoms with Crippen LogP contribution >= 0.6 is 0 Å². The molecule has 176 valence electrons. The monoisotopic (exact) mass is 458 g/mol. The molecule has 3 saturated heterocycles. The van der Waals surface area contributed by atoms with Gasteiger partial charge in [-0.1, -0.05) is 18.2 Å². The van der Waals surface area contributed by atoms with E-state index in [1.807, 2.05) is 0 Å². The van der Waals surface area contributed by atoms with Crippen molar-refractivity contribution in [1.82, 2.24) is 20.7 Å². The van der Waals surface area contributed by atoms with Crippen LogP contribution in [0.15, 0.2) is 30.3 Å². The van der Waals surface area contributed by atoms with Gasteiger partial charge in [0.05, 0.1) is 6.42 Å². The average molecular weight is 458 g/mol. The van der Waals surface area contributed by atoms with Gasteiger partial charge in [-0.15, -0.1) is 0 Å². The molecule has 1 aromatic carbocycles. The van der Waals surface area contributed by atoms with E-state index in [9.17, 15) is 24.0 Å². The molecule has 0 radical (unpaired) electrons. The number of amides is 4. The second-order valence-electron chi connectivity index (χ2n) is 8.20. The predicted molar refractivity (Wildman–Crippen MR) is 112 cm³/mol. The van der Waals surface area contributed by atoms with Crippen molar-refractivity contribution < 1.29 is 33.4 Å². The Kier molecular flexibility index (Phi) is 6.59. The fourth-order valence-corrected chi connectivity index (χ4v) is 4.38. The third-order valence-corrected chi connectivity index (χ3v) is 6.03. The number of hydrogen-bond donors (Lipinski definition) is 2. The van der Waals surface area contributed by atoms with Crippen LogP contribution in [-0.4, -0.2) is 77.7 Å². The van der Waals surface area contributed by atoms with Gasteiger partial charge < -0.3 is 20.1 Å². The van der Waals surface area contributed by atoms with E-state index < -0.39 is 48.1 Å². The van der Waals surface area contributed by atoms with Gasteiger partial charge in [0, 0.05) is 25.6 Å². The van der Waals surface area contributed by atoms with Gasteiger partial charge in [0.2, 0.25) is 18.1 Å². The number of benzene rings is 1. The summed E-state index contributed by atoms with van der Waals surface area (Å²) < 4.78 is 10.1. The number of nitrogens with zero attached hydrogens (tertiary/aromatic N) is 2. The van der Waals surface area contributed by atoms with E-state index in [1.165, 1.54) is 17.1 Å². The number of ether oxygens (including phenoxy) is 2. The fraction of sp³-hybridized carbons (Fsp3) is 0.500. The van der Waals surface area contributed by atoms with Gasteiger partial charge in [0.1, 0.15) is 18.1 Å². The standard InChI is InChI=1S/C22H26N4O7/c1-32-22-15(12-18(28)33-22)24-20(30)16-8-5-11-25-17(27)10-9-14(21(31)26(16)25)23-19(29)13-6-3-2-4-7-13/h2-4,6-7,14-16,22H,5,8-12H2,1H3,(H,23,29)(H,24,30)/t14-,15-,16-,22?/m0/s1. The lowest BCUT2D eigenvalue weighted by atomic mass is 10.0. The van der Waals surface area contributed by atoms with Gasteiger partial charge in [-0.3, -0.25) is 29.0 Å². The van der Waals surface area contributed by atoms with Gasteiger partial charge in [-0.2, -0.15) is 0 Å². The van der Waals surface area contributed by atoms with E-state index in [4.69, 9.17) is 9.47 Å². The number of esters is 1. The highest BCUT2D eigenvalue weighted by Gasteiger charge is 2.46. The zero-order valence-electron chi connectivity index (χ0n) is 18.2. The highest BCUT2D eigenvalue weighted by molar-refractivity contribution is 5.99. The molecule has 1 unspecified atom stereocenters. The quantitative estimate of drug-likeness (QED) is 0.580. The summed E-state index contributed by atoms with van der Waals surface area (Å²) in [6.45, 7) is 0.305. The van der Waals surface area contributed by atoms with Crippen LogP contribution in [0.5, 0.6) is 0 Å². The first-order valence-electron chi connectivity index (χ1n) is 10.9. The van der Waals surface area contributed by atoms with Crippen molar-refractivity contribution in [3.8, 4) is 0 Å². The largest absolute Gasteiger partial charge is 0.433 e. The summed E-state index contributed by atoms with van der Waals surface area (Å²) in [6.07, 6.45) is 0.0907. The summed E-state index contributed by atoms with van der Waals surface area (Å²) in [5.41, 5.74) is 0.391. The third kappa shape index (κ3) is 4.68. The van der Waals surface area contributed by atoms with Crippen LogP contribution in [0.1, 0.15) is 42.5 Å². The minimum Gasteiger partial charge on any atom is -0.433 e. The molecule has 0 spiro atoms. The molecule has 3 aliphatic rings. The van der Waals surface area contributed by atoms with Crippen LogP contribution in [0.3, 0.4) is 0 Å². The van der Waals surface area contributed by atoms with Crippen LogP contribution in [0.2, 0.25) is 0 Å². The minimum atomic E-state index is -0.961. The molecule has 1 aromatic rings. The lowest BCUT2D eigenvalue weighted by Gasteiger charge is -2.43. The molecule has 3 aliphatic heterocycles. The van der Waals surface area contributed by atoms with Crippen LogP contribution in [0.25, 0.3) is 0 Å². The molecule has 0 bridgehead atoms. The SMILES string of the molecule is COC1OC(=O)C[C@@H]1NC(=O)[C@@H]1CCCN2C(=O)CC[C@H](NC(=O)c3ccccc3)C(=O)N12. The number of cyclic esters (lactones) is 1. The number of nitrogens with one attached hydrogen (secondary N) is 2. The van der Waals surface area contributed by atoms with Crippen molar-refractivity contribution >= 4 is 29.6 Å². The van der Waals surface area contributed by atoms with Gasteiger partial charge in [-0.25, -0.2) is 5.01 Å². The fourth-order valence-electron chi connectivity index (χ4n) is 4.38. The first-order chi connectivity index (χ1) is 15.9. The summed E-state index contributed by atoms with van der Waals surface area (Å²) in [6, 6.07) is 5.84. The van der Waals surface area contributed by atoms with Gasteiger partial charge in [0.25, 0.3) is 11.8 Å². The molecule has 0 saturated carbocycles. The summed E-state index contributed by atoms with van der Waals surface area (Å²) in [7, 11) is 1.36. The average Bonchev–Trinajstić information content (AvgIpc) is 3.14. The number of carbonyl (C=O) groups excluding carboxylic acids is 5. The number of rotatable bonds is 5. The molecule has 3 heterocycles. The Balaban J connectivity index is 1.53. The van der Waals surface area contributed by atoms with E-state index in [0.717, 1.165) is 0 Å².